The Bertz CT molecular complexity index is 790. The maximum atomic E-state index is 5.26. The molecular formula is C16H18BrN5O. The van der Waals surface area contributed by atoms with Gasteiger partial charge in [-0.1, -0.05) is 30.3 Å². The molecule has 3 rings (SSSR count). The van der Waals surface area contributed by atoms with Crippen molar-refractivity contribution in [3.05, 3.63) is 46.8 Å². The first-order valence-corrected chi connectivity index (χ1v) is 8.11. The van der Waals surface area contributed by atoms with Gasteiger partial charge in [0.25, 0.3) is 0 Å². The highest BCUT2D eigenvalue weighted by molar-refractivity contribution is 9.10. The lowest BCUT2D eigenvalue weighted by atomic mass is 10.2. The first kappa shape index (κ1) is 15.9. The Morgan fingerprint density at radius 3 is 2.74 bits per heavy atom. The molecule has 0 radical (unpaired) electrons. The molecule has 0 N–H and O–H groups in total. The maximum Gasteiger partial charge on any atom is 0.164 e. The fourth-order valence-electron chi connectivity index (χ4n) is 2.53. The van der Waals surface area contributed by atoms with Crippen LogP contribution in [0.3, 0.4) is 0 Å². The minimum absolute atomic E-state index is 0.621. The molecule has 0 bridgehead atoms. The Hall–Kier alpha value is -1.99. The van der Waals surface area contributed by atoms with Crippen molar-refractivity contribution < 1.29 is 4.74 Å². The molecule has 1 aromatic carbocycles. The van der Waals surface area contributed by atoms with Gasteiger partial charge in [0.05, 0.1) is 12.0 Å². The van der Waals surface area contributed by atoms with Crippen molar-refractivity contribution in [3.63, 3.8) is 0 Å². The largest absolute Gasteiger partial charge is 0.383 e. The van der Waals surface area contributed by atoms with Crippen molar-refractivity contribution in [1.29, 1.82) is 0 Å². The van der Waals surface area contributed by atoms with Crippen LogP contribution in [0.4, 0.5) is 5.82 Å². The monoisotopic (exact) mass is 375 g/mol. The number of ether oxygens (including phenoxy) is 1. The van der Waals surface area contributed by atoms with Gasteiger partial charge in [-0.2, -0.15) is 5.10 Å². The first-order chi connectivity index (χ1) is 11.2. The van der Waals surface area contributed by atoms with Gasteiger partial charge in [0.15, 0.2) is 5.65 Å². The van der Waals surface area contributed by atoms with Crippen LogP contribution in [0.1, 0.15) is 5.56 Å². The third-order valence-electron chi connectivity index (χ3n) is 3.64. The number of benzene rings is 1. The average Bonchev–Trinajstić information content (AvgIpc) is 2.87. The molecule has 7 heteroatoms. The number of fused-ring (bicyclic) bond motifs is 1. The van der Waals surface area contributed by atoms with E-state index in [9.17, 15) is 0 Å². The third kappa shape index (κ3) is 3.35. The number of nitrogens with zero attached hydrogens (tertiary/aromatic N) is 5. The molecule has 0 aliphatic carbocycles. The van der Waals surface area contributed by atoms with E-state index >= 15 is 0 Å². The Labute approximate surface area is 143 Å². The Morgan fingerprint density at radius 1 is 1.22 bits per heavy atom. The molecule has 0 spiro atoms. The molecule has 2 aromatic heterocycles. The van der Waals surface area contributed by atoms with Crippen LogP contribution >= 0.6 is 15.9 Å². The number of aryl methyl sites for hydroxylation is 1. The molecular weight excluding hydrogens is 358 g/mol. The third-order valence-corrected chi connectivity index (χ3v) is 4.19. The molecule has 0 unspecified atom stereocenters. The molecule has 0 saturated carbocycles. The molecule has 0 aliphatic heterocycles. The van der Waals surface area contributed by atoms with Crippen molar-refractivity contribution in [1.82, 2.24) is 19.7 Å². The minimum atomic E-state index is 0.621. The Kier molecular flexibility index (Phi) is 4.88. The maximum absolute atomic E-state index is 5.26. The predicted octanol–water partition coefficient (Wildman–Crippen LogP) is 2.78. The SMILES string of the molecule is COCCN(Cc1ccccc1)c1ncnc2c1c(Br)nn2C. The average molecular weight is 376 g/mol. The molecule has 2 heterocycles. The van der Waals surface area contributed by atoms with Crippen LogP contribution in [0.2, 0.25) is 0 Å². The summed E-state index contributed by atoms with van der Waals surface area (Å²) in [6.07, 6.45) is 1.58. The van der Waals surface area contributed by atoms with Crippen molar-refractivity contribution >= 4 is 32.8 Å². The summed E-state index contributed by atoms with van der Waals surface area (Å²) in [7, 11) is 3.58. The van der Waals surface area contributed by atoms with Crippen LogP contribution < -0.4 is 4.90 Å². The highest BCUT2D eigenvalue weighted by Crippen LogP contribution is 2.30. The number of halogens is 1. The van der Waals surface area contributed by atoms with Crippen molar-refractivity contribution in [2.45, 2.75) is 6.54 Å². The summed E-state index contributed by atoms with van der Waals surface area (Å²) in [5.74, 6) is 0.857. The fourth-order valence-corrected chi connectivity index (χ4v) is 3.12. The topological polar surface area (TPSA) is 56.1 Å². The predicted molar refractivity (Wildman–Crippen MR) is 93.4 cm³/mol. The first-order valence-electron chi connectivity index (χ1n) is 7.31. The van der Waals surface area contributed by atoms with Crippen molar-refractivity contribution in [3.8, 4) is 0 Å². The van der Waals surface area contributed by atoms with Gasteiger partial charge >= 0.3 is 0 Å². The number of aromatic nitrogens is 4. The fraction of sp³-hybridized carbons (Fsp3) is 0.312. The molecule has 0 amide bonds. The summed E-state index contributed by atoms with van der Waals surface area (Å²) >= 11 is 3.52. The zero-order valence-electron chi connectivity index (χ0n) is 13.1. The molecule has 0 aliphatic rings. The zero-order valence-corrected chi connectivity index (χ0v) is 14.7. The Balaban J connectivity index is 2.02. The summed E-state index contributed by atoms with van der Waals surface area (Å²) in [6.45, 7) is 2.10. The van der Waals surface area contributed by atoms with E-state index in [1.807, 2.05) is 25.2 Å². The number of methoxy groups -OCH3 is 1. The van der Waals surface area contributed by atoms with Gasteiger partial charge in [-0.05, 0) is 21.5 Å². The van der Waals surface area contributed by atoms with Crippen LogP contribution in [0.15, 0.2) is 41.3 Å². The molecule has 0 saturated heterocycles. The highest BCUT2D eigenvalue weighted by Gasteiger charge is 2.18. The lowest BCUT2D eigenvalue weighted by Gasteiger charge is -2.24. The van der Waals surface area contributed by atoms with E-state index in [-0.39, 0.29) is 0 Å². The highest BCUT2D eigenvalue weighted by atomic mass is 79.9. The van der Waals surface area contributed by atoms with E-state index in [2.05, 4.69) is 48.0 Å². The van der Waals surface area contributed by atoms with Gasteiger partial charge in [0.2, 0.25) is 0 Å². The molecule has 120 valence electrons. The summed E-state index contributed by atoms with van der Waals surface area (Å²) in [4.78, 5) is 11.0. The zero-order chi connectivity index (χ0) is 16.2. The van der Waals surface area contributed by atoms with Crippen LogP contribution in [0.25, 0.3) is 11.0 Å². The van der Waals surface area contributed by atoms with Gasteiger partial charge in [-0.25, -0.2) is 14.6 Å². The summed E-state index contributed by atoms with van der Waals surface area (Å²) in [5, 5.41) is 5.31. The second-order valence-electron chi connectivity index (χ2n) is 5.21. The molecule has 6 nitrogen and oxygen atoms in total. The van der Waals surface area contributed by atoms with Crippen LogP contribution in [-0.4, -0.2) is 40.0 Å². The quantitative estimate of drug-likeness (QED) is 0.662. The van der Waals surface area contributed by atoms with Crippen molar-refractivity contribution in [2.75, 3.05) is 25.2 Å². The van der Waals surface area contributed by atoms with E-state index < -0.39 is 0 Å². The lowest BCUT2D eigenvalue weighted by Crippen LogP contribution is -2.27. The number of hydrogen-bond acceptors (Lipinski definition) is 5. The lowest BCUT2D eigenvalue weighted by molar-refractivity contribution is 0.205. The number of anilines is 1. The van der Waals surface area contributed by atoms with Crippen molar-refractivity contribution in [2.24, 2.45) is 7.05 Å². The van der Waals surface area contributed by atoms with Gasteiger partial charge in [-0.3, -0.25) is 0 Å². The van der Waals surface area contributed by atoms with E-state index in [0.717, 1.165) is 34.5 Å². The number of hydrogen-bond donors (Lipinski definition) is 0. The standard InChI is InChI=1S/C16H18BrN5O/c1-21-15-13(14(17)20-21)16(19-11-18-15)22(8-9-23-2)10-12-6-4-3-5-7-12/h3-7,11H,8-10H2,1-2H3. The van der Waals surface area contributed by atoms with Gasteiger partial charge in [-0.15, -0.1) is 0 Å². The van der Waals surface area contributed by atoms with Crippen LogP contribution in [0.5, 0.6) is 0 Å². The van der Waals surface area contributed by atoms with Gasteiger partial charge < -0.3 is 9.64 Å². The van der Waals surface area contributed by atoms with Crippen LogP contribution in [0, 0.1) is 0 Å². The summed E-state index contributed by atoms with van der Waals surface area (Å²) in [6, 6.07) is 10.3. The molecule has 0 fully saturated rings. The Morgan fingerprint density at radius 2 is 2.00 bits per heavy atom. The molecule has 0 atom stereocenters. The summed E-state index contributed by atoms with van der Waals surface area (Å²) < 4.78 is 7.76. The van der Waals surface area contributed by atoms with E-state index in [4.69, 9.17) is 4.74 Å². The second-order valence-corrected chi connectivity index (χ2v) is 5.96. The van der Waals surface area contributed by atoms with E-state index in [1.54, 1.807) is 18.1 Å². The van der Waals surface area contributed by atoms with E-state index in [0.29, 0.717) is 6.61 Å². The molecule has 3 aromatic rings. The summed E-state index contributed by atoms with van der Waals surface area (Å²) in [5.41, 5.74) is 2.02. The normalized spacial score (nSPS) is 11.1. The van der Waals surface area contributed by atoms with Crippen LogP contribution in [-0.2, 0) is 18.3 Å². The minimum Gasteiger partial charge on any atom is -0.383 e. The second kappa shape index (κ2) is 7.06. The van der Waals surface area contributed by atoms with Gasteiger partial charge in [0, 0.05) is 27.2 Å². The van der Waals surface area contributed by atoms with Gasteiger partial charge in [0.1, 0.15) is 16.7 Å². The number of rotatable bonds is 6. The molecule has 23 heavy (non-hydrogen) atoms. The van der Waals surface area contributed by atoms with E-state index in [1.165, 1.54) is 5.56 Å². The smallest absolute Gasteiger partial charge is 0.164 e.